The van der Waals surface area contributed by atoms with Crippen molar-refractivity contribution >= 4 is 5.91 Å². The third-order valence-electron chi connectivity index (χ3n) is 5.87. The predicted octanol–water partition coefficient (Wildman–Crippen LogP) is 3.86. The first-order valence-electron chi connectivity index (χ1n) is 9.86. The third kappa shape index (κ3) is 3.39. The summed E-state index contributed by atoms with van der Waals surface area (Å²) in [6.07, 6.45) is 2.06. The molecule has 28 heavy (non-hydrogen) atoms. The van der Waals surface area contributed by atoms with Gasteiger partial charge >= 0.3 is 0 Å². The number of rotatable bonds is 4. The van der Waals surface area contributed by atoms with Crippen molar-refractivity contribution < 1.29 is 18.7 Å². The van der Waals surface area contributed by atoms with Gasteiger partial charge in [-0.1, -0.05) is 30.3 Å². The van der Waals surface area contributed by atoms with Crippen LogP contribution in [0.5, 0.6) is 5.75 Å². The number of halogens is 1. The van der Waals surface area contributed by atoms with Gasteiger partial charge in [-0.15, -0.1) is 0 Å². The first-order chi connectivity index (χ1) is 13.5. The maximum atomic E-state index is 14.6. The average molecular weight is 383 g/mol. The summed E-state index contributed by atoms with van der Waals surface area (Å²) in [6.45, 7) is 3.46. The minimum absolute atomic E-state index is 0.0500. The first-order valence-corrected chi connectivity index (χ1v) is 9.86. The highest BCUT2D eigenvalue weighted by atomic mass is 19.1. The van der Waals surface area contributed by atoms with Crippen LogP contribution in [-0.4, -0.2) is 37.2 Å². The number of carbonyl (C=O) groups is 1. The Morgan fingerprint density at radius 2 is 1.96 bits per heavy atom. The molecule has 1 saturated heterocycles. The Morgan fingerprint density at radius 1 is 1.21 bits per heavy atom. The summed E-state index contributed by atoms with van der Waals surface area (Å²) in [6, 6.07) is 12.7. The van der Waals surface area contributed by atoms with Crippen molar-refractivity contribution in [2.75, 3.05) is 20.3 Å². The van der Waals surface area contributed by atoms with Gasteiger partial charge < -0.3 is 14.4 Å². The Kier molecular flexibility index (Phi) is 5.11. The second kappa shape index (κ2) is 7.55. The molecular formula is C23H26FNO3. The van der Waals surface area contributed by atoms with Crippen LogP contribution in [0.3, 0.4) is 0 Å². The standard InChI is InChI=1S/C23H26FNO3/c1-16-13-18-14-17(7-8-21(18)28-16)15-25(2)22(26)23(9-11-27-12-10-23)19-5-3-4-6-20(19)24/h3-8,14,16H,9-13,15H2,1-2H3. The molecule has 1 unspecified atom stereocenters. The van der Waals surface area contributed by atoms with E-state index in [1.165, 1.54) is 11.6 Å². The van der Waals surface area contributed by atoms with Gasteiger partial charge in [0.1, 0.15) is 17.7 Å². The lowest BCUT2D eigenvalue weighted by Gasteiger charge is -2.39. The zero-order valence-electron chi connectivity index (χ0n) is 16.4. The molecule has 0 saturated carbocycles. The summed E-state index contributed by atoms with van der Waals surface area (Å²) in [7, 11) is 1.80. The Balaban J connectivity index is 1.59. The van der Waals surface area contributed by atoms with E-state index >= 15 is 0 Å². The van der Waals surface area contributed by atoms with Crippen LogP contribution in [-0.2, 0) is 27.9 Å². The van der Waals surface area contributed by atoms with Crippen LogP contribution in [0.25, 0.3) is 0 Å². The van der Waals surface area contributed by atoms with E-state index in [4.69, 9.17) is 9.47 Å². The summed E-state index contributed by atoms with van der Waals surface area (Å²) in [5.41, 5.74) is 1.85. The zero-order chi connectivity index (χ0) is 19.7. The minimum atomic E-state index is -0.868. The lowest BCUT2D eigenvalue weighted by Crippen LogP contribution is -2.48. The number of benzene rings is 2. The second-order valence-electron chi connectivity index (χ2n) is 7.91. The SMILES string of the molecule is CC1Cc2cc(CN(C)C(=O)C3(c4ccccc4F)CCOCC3)ccc2O1. The molecule has 1 amide bonds. The van der Waals surface area contributed by atoms with Crippen molar-refractivity contribution in [3.05, 3.63) is 65.0 Å². The molecule has 2 aromatic rings. The fourth-order valence-electron chi connectivity index (χ4n) is 4.45. The summed E-state index contributed by atoms with van der Waals surface area (Å²) < 4.78 is 25.9. The summed E-state index contributed by atoms with van der Waals surface area (Å²) >= 11 is 0. The maximum Gasteiger partial charge on any atom is 0.233 e. The van der Waals surface area contributed by atoms with Gasteiger partial charge in [-0.05, 0) is 43.0 Å². The van der Waals surface area contributed by atoms with Gasteiger partial charge in [-0.3, -0.25) is 4.79 Å². The van der Waals surface area contributed by atoms with Crippen LogP contribution in [0.2, 0.25) is 0 Å². The lowest BCUT2D eigenvalue weighted by molar-refractivity contribution is -0.140. The monoisotopic (exact) mass is 383 g/mol. The van der Waals surface area contributed by atoms with Gasteiger partial charge in [0.15, 0.2) is 0 Å². The number of fused-ring (bicyclic) bond motifs is 1. The smallest absolute Gasteiger partial charge is 0.233 e. The second-order valence-corrected chi connectivity index (χ2v) is 7.91. The Hall–Kier alpha value is -2.40. The molecule has 0 radical (unpaired) electrons. The molecule has 0 spiro atoms. The molecule has 2 aliphatic rings. The Bertz CT molecular complexity index is 876. The number of carbonyl (C=O) groups excluding carboxylic acids is 1. The molecule has 148 valence electrons. The normalized spacial score (nSPS) is 20.3. The molecule has 2 aliphatic heterocycles. The van der Waals surface area contributed by atoms with E-state index in [1.54, 1.807) is 30.1 Å². The fourth-order valence-corrected chi connectivity index (χ4v) is 4.45. The van der Waals surface area contributed by atoms with Gasteiger partial charge in [0.05, 0.1) is 5.41 Å². The molecule has 4 nitrogen and oxygen atoms in total. The number of likely N-dealkylation sites (N-methyl/N-ethyl adjacent to an activating group) is 1. The van der Waals surface area contributed by atoms with Gasteiger partial charge in [0, 0.05) is 38.8 Å². The van der Waals surface area contributed by atoms with Crippen molar-refractivity contribution in [3.8, 4) is 5.75 Å². The van der Waals surface area contributed by atoms with Gasteiger partial charge in [-0.2, -0.15) is 0 Å². The predicted molar refractivity (Wildman–Crippen MR) is 105 cm³/mol. The van der Waals surface area contributed by atoms with Crippen molar-refractivity contribution in [1.29, 1.82) is 0 Å². The number of nitrogens with zero attached hydrogens (tertiary/aromatic N) is 1. The zero-order valence-corrected chi connectivity index (χ0v) is 16.4. The van der Waals surface area contributed by atoms with Crippen molar-refractivity contribution in [1.82, 2.24) is 4.90 Å². The summed E-state index contributed by atoms with van der Waals surface area (Å²) in [5, 5.41) is 0. The molecule has 1 atom stereocenters. The van der Waals surface area contributed by atoms with E-state index in [9.17, 15) is 9.18 Å². The highest BCUT2D eigenvalue weighted by Gasteiger charge is 2.44. The number of ether oxygens (including phenoxy) is 2. The lowest BCUT2D eigenvalue weighted by atomic mass is 9.72. The number of hydrogen-bond acceptors (Lipinski definition) is 3. The molecule has 5 heteroatoms. The van der Waals surface area contributed by atoms with E-state index in [-0.39, 0.29) is 17.8 Å². The fraction of sp³-hybridized carbons (Fsp3) is 0.435. The van der Waals surface area contributed by atoms with E-state index in [1.807, 2.05) is 12.1 Å². The van der Waals surface area contributed by atoms with Gasteiger partial charge in [0.2, 0.25) is 5.91 Å². The Labute approximate surface area is 165 Å². The highest BCUT2D eigenvalue weighted by molar-refractivity contribution is 5.88. The maximum absolute atomic E-state index is 14.6. The van der Waals surface area contributed by atoms with Crippen molar-refractivity contribution in [2.24, 2.45) is 0 Å². The first kappa shape index (κ1) is 18.9. The van der Waals surface area contributed by atoms with Gasteiger partial charge in [0.25, 0.3) is 0 Å². The number of amides is 1. The van der Waals surface area contributed by atoms with Crippen LogP contribution in [0, 0.1) is 5.82 Å². The summed E-state index contributed by atoms with van der Waals surface area (Å²) in [4.78, 5) is 15.3. The van der Waals surface area contributed by atoms with Crippen LogP contribution in [0.1, 0.15) is 36.5 Å². The highest BCUT2D eigenvalue weighted by Crippen LogP contribution is 2.38. The molecular weight excluding hydrogens is 357 g/mol. The molecule has 0 aromatic heterocycles. The molecule has 4 rings (SSSR count). The molecule has 0 aliphatic carbocycles. The van der Waals surface area contributed by atoms with E-state index in [0.717, 1.165) is 17.7 Å². The number of hydrogen-bond donors (Lipinski definition) is 0. The average Bonchev–Trinajstić information content (AvgIpc) is 3.07. The molecule has 1 fully saturated rings. The van der Waals surface area contributed by atoms with E-state index in [0.29, 0.717) is 38.2 Å². The van der Waals surface area contributed by atoms with Crippen LogP contribution in [0.15, 0.2) is 42.5 Å². The van der Waals surface area contributed by atoms with Crippen LogP contribution < -0.4 is 4.74 Å². The minimum Gasteiger partial charge on any atom is -0.490 e. The van der Waals surface area contributed by atoms with E-state index < -0.39 is 5.41 Å². The van der Waals surface area contributed by atoms with Crippen molar-refractivity contribution in [2.45, 2.75) is 44.2 Å². The topological polar surface area (TPSA) is 38.8 Å². The molecule has 2 heterocycles. The van der Waals surface area contributed by atoms with Crippen molar-refractivity contribution in [3.63, 3.8) is 0 Å². The largest absolute Gasteiger partial charge is 0.490 e. The molecule has 0 bridgehead atoms. The Morgan fingerprint density at radius 3 is 2.71 bits per heavy atom. The third-order valence-corrected chi connectivity index (χ3v) is 5.87. The van der Waals surface area contributed by atoms with E-state index in [2.05, 4.69) is 13.0 Å². The van der Waals surface area contributed by atoms with Gasteiger partial charge in [-0.25, -0.2) is 4.39 Å². The van der Waals surface area contributed by atoms with Crippen LogP contribution >= 0.6 is 0 Å². The molecule has 0 N–H and O–H groups in total. The van der Waals surface area contributed by atoms with Crippen LogP contribution in [0.4, 0.5) is 4.39 Å². The summed E-state index contributed by atoms with van der Waals surface area (Å²) in [5.74, 6) is 0.554. The molecule has 2 aromatic carbocycles. The quantitative estimate of drug-likeness (QED) is 0.805.